The highest BCUT2D eigenvalue weighted by Gasteiger charge is 2.17. The van der Waals surface area contributed by atoms with Crippen molar-refractivity contribution in [1.29, 1.82) is 0 Å². The highest BCUT2D eigenvalue weighted by molar-refractivity contribution is 5.70. The van der Waals surface area contributed by atoms with Gasteiger partial charge < -0.3 is 14.2 Å². The molecule has 0 heterocycles. The molecule has 0 amide bonds. The molecule has 0 rings (SSSR count). The first kappa shape index (κ1) is 62.1. The topological polar surface area (TPSA) is 61.8 Å². The number of hydrogen-bond acceptors (Lipinski definition) is 5. The van der Waals surface area contributed by atoms with Crippen LogP contribution in [0.5, 0.6) is 0 Å². The van der Waals surface area contributed by atoms with Crippen LogP contribution in [0.2, 0.25) is 0 Å². The SMILES string of the molecule is CC/C=C\C/C=C\C/C=C\CCCCCCCCCC(=O)OCC(COCCCCCCCCCCCCCCCCCCCC)OC(=O)CCCCCCCCCCCCCCC. The molecular weight excluding hydrogens is 789 g/mol. The van der Waals surface area contributed by atoms with E-state index in [1.54, 1.807) is 0 Å². The van der Waals surface area contributed by atoms with E-state index >= 15 is 0 Å². The van der Waals surface area contributed by atoms with Crippen molar-refractivity contribution in [3.8, 4) is 0 Å². The van der Waals surface area contributed by atoms with E-state index in [9.17, 15) is 9.59 Å². The van der Waals surface area contributed by atoms with Gasteiger partial charge in [-0.3, -0.25) is 9.59 Å². The summed E-state index contributed by atoms with van der Waals surface area (Å²) in [6.07, 6.45) is 67.3. The molecule has 1 unspecified atom stereocenters. The molecule has 0 saturated carbocycles. The summed E-state index contributed by atoms with van der Waals surface area (Å²) in [6.45, 7) is 7.77. The second-order valence-corrected chi connectivity index (χ2v) is 19.2. The standard InChI is InChI=1S/C59H110O5/c1-4-7-10-13-16-19-22-25-27-29-31-33-36-39-42-45-48-51-54-62-55-57(64-59(61)53-50-47-44-41-38-34-24-21-18-15-12-9-6-3)56-63-58(60)52-49-46-43-40-37-35-32-30-28-26-23-20-17-14-11-8-5-2/h8,11,17,20,26,28,57H,4-7,9-10,12-16,18-19,21-25,27,29-56H2,1-3H3/b11-8-,20-17-,28-26-. The monoisotopic (exact) mass is 899 g/mol. The minimum Gasteiger partial charge on any atom is -0.462 e. The zero-order valence-corrected chi connectivity index (χ0v) is 43.3. The Morgan fingerprint density at radius 1 is 0.359 bits per heavy atom. The lowest BCUT2D eigenvalue weighted by Gasteiger charge is -2.18. The van der Waals surface area contributed by atoms with Gasteiger partial charge in [0.05, 0.1) is 6.61 Å². The van der Waals surface area contributed by atoms with Crippen molar-refractivity contribution < 1.29 is 23.8 Å². The van der Waals surface area contributed by atoms with E-state index in [0.29, 0.717) is 26.1 Å². The number of carbonyl (C=O) groups is 2. The molecule has 0 aromatic rings. The number of allylic oxidation sites excluding steroid dienone is 6. The number of ether oxygens (including phenoxy) is 3. The van der Waals surface area contributed by atoms with Gasteiger partial charge in [0.1, 0.15) is 6.61 Å². The Balaban J connectivity index is 4.21. The van der Waals surface area contributed by atoms with Gasteiger partial charge in [-0.15, -0.1) is 0 Å². The van der Waals surface area contributed by atoms with Crippen LogP contribution in [0.4, 0.5) is 0 Å². The Morgan fingerprint density at radius 3 is 1.12 bits per heavy atom. The maximum atomic E-state index is 12.8. The largest absolute Gasteiger partial charge is 0.462 e. The molecule has 0 fully saturated rings. The third-order valence-corrected chi connectivity index (χ3v) is 12.7. The van der Waals surface area contributed by atoms with Crippen molar-refractivity contribution in [3.63, 3.8) is 0 Å². The van der Waals surface area contributed by atoms with E-state index in [0.717, 1.165) is 64.2 Å². The normalized spacial score (nSPS) is 12.4. The Kier molecular flexibility index (Phi) is 53.8. The molecule has 5 nitrogen and oxygen atoms in total. The molecule has 0 spiro atoms. The number of hydrogen-bond donors (Lipinski definition) is 0. The van der Waals surface area contributed by atoms with Crippen molar-refractivity contribution >= 4 is 11.9 Å². The molecule has 5 heteroatoms. The molecule has 64 heavy (non-hydrogen) atoms. The third-order valence-electron chi connectivity index (χ3n) is 12.7. The van der Waals surface area contributed by atoms with Gasteiger partial charge in [-0.05, 0) is 51.4 Å². The molecule has 0 saturated heterocycles. The van der Waals surface area contributed by atoms with Crippen molar-refractivity contribution in [1.82, 2.24) is 0 Å². The van der Waals surface area contributed by atoms with Crippen LogP contribution in [0.25, 0.3) is 0 Å². The number of esters is 2. The Morgan fingerprint density at radius 2 is 0.703 bits per heavy atom. The first-order valence-corrected chi connectivity index (χ1v) is 28.5. The van der Waals surface area contributed by atoms with Gasteiger partial charge in [-0.2, -0.15) is 0 Å². The maximum Gasteiger partial charge on any atom is 0.306 e. The van der Waals surface area contributed by atoms with Crippen LogP contribution in [0.15, 0.2) is 36.5 Å². The summed E-state index contributed by atoms with van der Waals surface area (Å²) in [5.74, 6) is -0.389. The van der Waals surface area contributed by atoms with Gasteiger partial charge in [-0.1, -0.05) is 276 Å². The van der Waals surface area contributed by atoms with Crippen molar-refractivity contribution in [3.05, 3.63) is 36.5 Å². The molecule has 0 N–H and O–H groups in total. The van der Waals surface area contributed by atoms with Crippen LogP contribution in [-0.4, -0.2) is 37.9 Å². The molecule has 0 radical (unpaired) electrons. The quantitative estimate of drug-likeness (QED) is 0.0346. The lowest BCUT2D eigenvalue weighted by Crippen LogP contribution is -2.30. The fraction of sp³-hybridized carbons (Fsp3) is 0.864. The highest BCUT2D eigenvalue weighted by atomic mass is 16.6. The Bertz CT molecular complexity index is 1020. The summed E-state index contributed by atoms with van der Waals surface area (Å²) in [7, 11) is 0. The van der Waals surface area contributed by atoms with Crippen molar-refractivity contribution in [2.45, 2.75) is 309 Å². The fourth-order valence-corrected chi connectivity index (χ4v) is 8.47. The summed E-state index contributed by atoms with van der Waals surface area (Å²) >= 11 is 0. The second kappa shape index (κ2) is 55.4. The zero-order chi connectivity index (χ0) is 46.3. The molecule has 1 atom stereocenters. The summed E-state index contributed by atoms with van der Waals surface area (Å²) in [4.78, 5) is 25.5. The summed E-state index contributed by atoms with van der Waals surface area (Å²) < 4.78 is 17.5. The first-order valence-electron chi connectivity index (χ1n) is 28.5. The van der Waals surface area contributed by atoms with E-state index in [4.69, 9.17) is 14.2 Å². The van der Waals surface area contributed by atoms with Crippen molar-refractivity contribution in [2.75, 3.05) is 19.8 Å². The fourth-order valence-electron chi connectivity index (χ4n) is 8.47. The Hall–Kier alpha value is -1.88. The van der Waals surface area contributed by atoms with Crippen LogP contribution in [-0.2, 0) is 23.8 Å². The first-order chi connectivity index (χ1) is 31.6. The average molecular weight is 900 g/mol. The molecule has 0 aromatic carbocycles. The van der Waals surface area contributed by atoms with Gasteiger partial charge in [0.2, 0.25) is 0 Å². The smallest absolute Gasteiger partial charge is 0.306 e. The number of carbonyl (C=O) groups excluding carboxylic acids is 2. The molecule has 0 aliphatic heterocycles. The Labute approximate surface area is 400 Å². The predicted molar refractivity (Wildman–Crippen MR) is 279 cm³/mol. The lowest BCUT2D eigenvalue weighted by molar-refractivity contribution is -0.163. The van der Waals surface area contributed by atoms with E-state index < -0.39 is 6.10 Å². The summed E-state index contributed by atoms with van der Waals surface area (Å²) in [5.41, 5.74) is 0. The summed E-state index contributed by atoms with van der Waals surface area (Å²) in [5, 5.41) is 0. The average Bonchev–Trinajstić information content (AvgIpc) is 3.30. The third kappa shape index (κ3) is 52.7. The molecule has 0 aromatic heterocycles. The predicted octanol–water partition coefficient (Wildman–Crippen LogP) is 19.4. The van der Waals surface area contributed by atoms with E-state index in [1.165, 1.54) is 205 Å². The number of unbranched alkanes of at least 4 members (excludes halogenated alkanes) is 36. The van der Waals surface area contributed by atoms with E-state index in [2.05, 4.69) is 57.2 Å². The van der Waals surface area contributed by atoms with E-state index in [1.807, 2.05) is 0 Å². The van der Waals surface area contributed by atoms with Gasteiger partial charge in [0.25, 0.3) is 0 Å². The van der Waals surface area contributed by atoms with Crippen LogP contribution >= 0.6 is 0 Å². The van der Waals surface area contributed by atoms with Crippen LogP contribution in [0.3, 0.4) is 0 Å². The van der Waals surface area contributed by atoms with E-state index in [-0.39, 0.29) is 18.5 Å². The molecular formula is C59H110O5. The molecule has 0 aliphatic rings. The number of rotatable bonds is 53. The van der Waals surface area contributed by atoms with Gasteiger partial charge in [-0.25, -0.2) is 0 Å². The minimum absolute atomic E-state index is 0.0866. The molecule has 0 bridgehead atoms. The van der Waals surface area contributed by atoms with Crippen LogP contribution in [0, 0.1) is 0 Å². The molecule has 376 valence electrons. The zero-order valence-electron chi connectivity index (χ0n) is 43.3. The van der Waals surface area contributed by atoms with Gasteiger partial charge in [0.15, 0.2) is 6.10 Å². The summed E-state index contributed by atoms with van der Waals surface area (Å²) in [6, 6.07) is 0. The van der Waals surface area contributed by atoms with Crippen molar-refractivity contribution in [2.24, 2.45) is 0 Å². The van der Waals surface area contributed by atoms with Gasteiger partial charge in [0, 0.05) is 19.4 Å². The lowest BCUT2D eigenvalue weighted by atomic mass is 10.0. The molecule has 0 aliphatic carbocycles. The highest BCUT2D eigenvalue weighted by Crippen LogP contribution is 2.17. The van der Waals surface area contributed by atoms with Crippen LogP contribution in [0.1, 0.15) is 303 Å². The maximum absolute atomic E-state index is 12.8. The van der Waals surface area contributed by atoms with Crippen LogP contribution < -0.4 is 0 Å². The second-order valence-electron chi connectivity index (χ2n) is 19.2. The van der Waals surface area contributed by atoms with Gasteiger partial charge >= 0.3 is 11.9 Å². The minimum atomic E-state index is -0.534.